The zero-order chi connectivity index (χ0) is 14.9. The van der Waals surface area contributed by atoms with Crippen LogP contribution in [0.15, 0.2) is 22.7 Å². The van der Waals surface area contributed by atoms with E-state index >= 15 is 0 Å². The second-order valence-corrected chi connectivity index (χ2v) is 5.58. The van der Waals surface area contributed by atoms with Gasteiger partial charge in [0.15, 0.2) is 0 Å². The van der Waals surface area contributed by atoms with Gasteiger partial charge in [-0.3, -0.25) is 9.69 Å². The number of methoxy groups -OCH3 is 1. The molecule has 1 fully saturated rings. The van der Waals surface area contributed by atoms with Gasteiger partial charge in [-0.25, -0.2) is 0 Å². The maximum atomic E-state index is 12.8. The number of hydrogen-bond donors (Lipinski definition) is 0. The Labute approximate surface area is 122 Å². The quantitative estimate of drug-likeness (QED) is 0.784. The van der Waals surface area contributed by atoms with Crippen LogP contribution in [-0.2, 0) is 22.3 Å². The van der Waals surface area contributed by atoms with Crippen LogP contribution in [0.3, 0.4) is 0 Å². The van der Waals surface area contributed by atoms with Crippen molar-refractivity contribution in [1.82, 2.24) is 4.90 Å². The average Bonchev–Trinajstić information content (AvgIpc) is 2.32. The molecule has 7 heteroatoms. The molecule has 1 heterocycles. The average molecular weight is 352 g/mol. The molecule has 0 amide bonds. The van der Waals surface area contributed by atoms with Crippen molar-refractivity contribution >= 4 is 21.9 Å². The van der Waals surface area contributed by atoms with E-state index in [4.69, 9.17) is 0 Å². The smallest absolute Gasteiger partial charge is 0.417 e. The lowest BCUT2D eigenvalue weighted by atomic mass is 9.99. The van der Waals surface area contributed by atoms with Gasteiger partial charge in [-0.05, 0) is 17.7 Å². The third kappa shape index (κ3) is 3.32. The normalized spacial score (nSPS) is 16.9. The summed E-state index contributed by atoms with van der Waals surface area (Å²) >= 11 is 2.91. The summed E-state index contributed by atoms with van der Waals surface area (Å²) in [6.45, 7) is 1.43. The van der Waals surface area contributed by atoms with E-state index < -0.39 is 11.7 Å². The highest BCUT2D eigenvalue weighted by Crippen LogP contribution is 2.35. The first-order valence-electron chi connectivity index (χ1n) is 5.97. The fraction of sp³-hybridized carbons (Fsp3) is 0.462. The van der Waals surface area contributed by atoms with E-state index in [2.05, 4.69) is 20.7 Å². The lowest BCUT2D eigenvalue weighted by Gasteiger charge is -2.37. The molecule has 1 saturated heterocycles. The van der Waals surface area contributed by atoms with E-state index in [1.165, 1.54) is 13.2 Å². The molecule has 1 aliphatic rings. The number of esters is 1. The van der Waals surface area contributed by atoms with Gasteiger partial charge in [0, 0.05) is 24.1 Å². The standard InChI is InChI=1S/C13H13BrF3NO2/c1-20-12(19)9-6-18(7-9)5-8-2-3-11(14)10(4-8)13(15,16)17/h2-4,9H,5-7H2,1H3. The van der Waals surface area contributed by atoms with Gasteiger partial charge in [0.05, 0.1) is 18.6 Å². The molecule has 3 nitrogen and oxygen atoms in total. The van der Waals surface area contributed by atoms with Crippen molar-refractivity contribution in [3.63, 3.8) is 0 Å². The second kappa shape index (κ2) is 5.73. The van der Waals surface area contributed by atoms with Gasteiger partial charge in [0.25, 0.3) is 0 Å². The minimum absolute atomic E-state index is 0.0322. The van der Waals surface area contributed by atoms with Crippen LogP contribution in [0.5, 0.6) is 0 Å². The highest BCUT2D eigenvalue weighted by molar-refractivity contribution is 9.10. The predicted molar refractivity (Wildman–Crippen MR) is 69.9 cm³/mol. The van der Waals surface area contributed by atoms with Crippen molar-refractivity contribution in [2.45, 2.75) is 12.7 Å². The van der Waals surface area contributed by atoms with Gasteiger partial charge in [0.2, 0.25) is 0 Å². The minimum atomic E-state index is -4.38. The number of halogens is 4. The van der Waals surface area contributed by atoms with Crippen LogP contribution >= 0.6 is 15.9 Å². The molecule has 0 unspecified atom stereocenters. The number of hydrogen-bond acceptors (Lipinski definition) is 3. The van der Waals surface area contributed by atoms with E-state index in [1.807, 2.05) is 4.90 Å². The Kier molecular flexibility index (Phi) is 4.39. The highest BCUT2D eigenvalue weighted by atomic mass is 79.9. The summed E-state index contributed by atoms with van der Waals surface area (Å²) in [6.07, 6.45) is -4.38. The van der Waals surface area contributed by atoms with E-state index in [-0.39, 0.29) is 16.4 Å². The Morgan fingerprint density at radius 3 is 2.65 bits per heavy atom. The molecular weight excluding hydrogens is 339 g/mol. The van der Waals surface area contributed by atoms with Crippen molar-refractivity contribution in [2.24, 2.45) is 5.92 Å². The van der Waals surface area contributed by atoms with Gasteiger partial charge in [0.1, 0.15) is 0 Å². The molecule has 2 rings (SSSR count). The molecule has 0 aromatic heterocycles. The van der Waals surface area contributed by atoms with Gasteiger partial charge >= 0.3 is 12.1 Å². The van der Waals surface area contributed by atoms with Crippen molar-refractivity contribution < 1.29 is 22.7 Å². The van der Waals surface area contributed by atoms with Crippen LogP contribution < -0.4 is 0 Å². The number of benzene rings is 1. The van der Waals surface area contributed by atoms with Crippen molar-refractivity contribution in [1.29, 1.82) is 0 Å². The van der Waals surface area contributed by atoms with Crippen LogP contribution in [0, 0.1) is 5.92 Å². The molecule has 0 aliphatic carbocycles. The molecule has 0 atom stereocenters. The summed E-state index contributed by atoms with van der Waals surface area (Å²) in [5.41, 5.74) is -0.108. The van der Waals surface area contributed by atoms with Crippen molar-refractivity contribution in [2.75, 3.05) is 20.2 Å². The summed E-state index contributed by atoms with van der Waals surface area (Å²) in [6, 6.07) is 4.18. The molecule has 0 bridgehead atoms. The van der Waals surface area contributed by atoms with Crippen LogP contribution in [0.1, 0.15) is 11.1 Å². The van der Waals surface area contributed by atoms with Gasteiger partial charge in [-0.2, -0.15) is 13.2 Å². The molecule has 0 radical (unpaired) electrons. The van der Waals surface area contributed by atoms with Crippen molar-refractivity contribution in [3.05, 3.63) is 33.8 Å². The van der Waals surface area contributed by atoms with E-state index in [9.17, 15) is 18.0 Å². The van der Waals surface area contributed by atoms with E-state index in [0.717, 1.165) is 6.07 Å². The molecule has 1 aliphatic heterocycles. The molecule has 0 spiro atoms. The summed E-state index contributed by atoms with van der Waals surface area (Å²) in [5, 5.41) is 0. The van der Waals surface area contributed by atoms with Gasteiger partial charge in [-0.1, -0.05) is 22.0 Å². The third-order valence-electron chi connectivity index (χ3n) is 3.23. The summed E-state index contributed by atoms with van der Waals surface area (Å²) in [7, 11) is 1.33. The lowest BCUT2D eigenvalue weighted by molar-refractivity contribution is -0.151. The first-order chi connectivity index (χ1) is 9.31. The largest absolute Gasteiger partial charge is 0.469 e. The predicted octanol–water partition coefficient (Wildman–Crippen LogP) is 3.07. The van der Waals surface area contributed by atoms with Crippen LogP contribution in [0.4, 0.5) is 13.2 Å². The maximum Gasteiger partial charge on any atom is 0.417 e. The fourth-order valence-corrected chi connectivity index (χ4v) is 2.63. The molecule has 1 aromatic carbocycles. The van der Waals surface area contributed by atoms with Crippen LogP contribution in [0.25, 0.3) is 0 Å². The topological polar surface area (TPSA) is 29.5 Å². The zero-order valence-corrected chi connectivity index (χ0v) is 12.3. The Morgan fingerprint density at radius 2 is 2.10 bits per heavy atom. The number of ether oxygens (including phenoxy) is 1. The lowest BCUT2D eigenvalue weighted by Crippen LogP contribution is -2.49. The summed E-state index contributed by atoms with van der Waals surface area (Å²) in [4.78, 5) is 13.1. The first kappa shape index (κ1) is 15.3. The molecular formula is C13H13BrF3NO2. The second-order valence-electron chi connectivity index (χ2n) is 4.73. The molecule has 20 heavy (non-hydrogen) atoms. The number of alkyl halides is 3. The monoisotopic (exact) mass is 351 g/mol. The molecule has 0 N–H and O–H groups in total. The number of carbonyl (C=O) groups is 1. The minimum Gasteiger partial charge on any atom is -0.469 e. The number of rotatable bonds is 3. The van der Waals surface area contributed by atoms with Crippen LogP contribution in [0.2, 0.25) is 0 Å². The molecule has 110 valence electrons. The highest BCUT2D eigenvalue weighted by Gasteiger charge is 2.35. The maximum absolute atomic E-state index is 12.8. The Balaban J connectivity index is 2.00. The fourth-order valence-electron chi connectivity index (χ4n) is 2.16. The zero-order valence-electron chi connectivity index (χ0n) is 10.7. The SMILES string of the molecule is COC(=O)C1CN(Cc2ccc(Br)c(C(F)(F)F)c2)C1. The molecule has 0 saturated carbocycles. The van der Waals surface area contributed by atoms with E-state index in [0.29, 0.717) is 25.2 Å². The third-order valence-corrected chi connectivity index (χ3v) is 3.93. The first-order valence-corrected chi connectivity index (χ1v) is 6.76. The number of nitrogens with zero attached hydrogens (tertiary/aromatic N) is 1. The Hall–Kier alpha value is -1.08. The number of carbonyl (C=O) groups excluding carboxylic acids is 1. The van der Waals surface area contributed by atoms with Gasteiger partial charge < -0.3 is 4.74 Å². The summed E-state index contributed by atoms with van der Waals surface area (Å²) in [5.74, 6) is -0.439. The Bertz CT molecular complexity index is 513. The summed E-state index contributed by atoms with van der Waals surface area (Å²) < 4.78 is 43.0. The van der Waals surface area contributed by atoms with E-state index in [1.54, 1.807) is 6.07 Å². The molecule has 1 aromatic rings. The Morgan fingerprint density at radius 1 is 1.45 bits per heavy atom. The van der Waals surface area contributed by atoms with Gasteiger partial charge in [-0.15, -0.1) is 0 Å². The van der Waals surface area contributed by atoms with Crippen LogP contribution in [-0.4, -0.2) is 31.1 Å². The van der Waals surface area contributed by atoms with Crippen molar-refractivity contribution in [3.8, 4) is 0 Å². The number of likely N-dealkylation sites (tertiary alicyclic amines) is 1.